The monoisotopic (exact) mass is 166 g/mol. The molecule has 0 saturated heterocycles. The highest BCUT2D eigenvalue weighted by molar-refractivity contribution is 5.94. The van der Waals surface area contributed by atoms with E-state index in [0.717, 1.165) is 6.20 Å². The molecule has 5 nitrogen and oxygen atoms in total. The Morgan fingerprint density at radius 3 is 2.75 bits per heavy atom. The number of Topliss-reactive ketones (excluding diaryl/α,β-unsaturated/α-hetero) is 1. The Kier molecular flexibility index (Phi) is 2.14. The van der Waals surface area contributed by atoms with Gasteiger partial charge in [-0.2, -0.15) is 0 Å². The van der Waals surface area contributed by atoms with Crippen molar-refractivity contribution in [3.63, 3.8) is 0 Å². The smallest absolute Gasteiger partial charge is 0.288 e. The number of aromatic nitrogens is 1. The summed E-state index contributed by atoms with van der Waals surface area (Å²) in [6.07, 6.45) is 2.40. The molecule has 0 amide bonds. The first-order valence-corrected chi connectivity index (χ1v) is 3.21. The number of nitrogens with zero attached hydrogens (tertiary/aromatic N) is 2. The summed E-state index contributed by atoms with van der Waals surface area (Å²) < 4.78 is 0. The van der Waals surface area contributed by atoms with Crippen LogP contribution in [0.2, 0.25) is 0 Å². The fourth-order valence-electron chi connectivity index (χ4n) is 0.720. The summed E-state index contributed by atoms with van der Waals surface area (Å²) in [6.45, 7) is 1.33. The quantitative estimate of drug-likeness (QED) is 0.375. The van der Waals surface area contributed by atoms with Crippen LogP contribution in [0.25, 0.3) is 0 Å². The topological polar surface area (TPSA) is 73.1 Å². The van der Waals surface area contributed by atoms with Crippen molar-refractivity contribution in [1.29, 1.82) is 0 Å². The Bertz CT molecular complexity index is 306. The van der Waals surface area contributed by atoms with Gasteiger partial charge < -0.3 is 0 Å². The molecule has 0 radical (unpaired) electrons. The van der Waals surface area contributed by atoms with Crippen molar-refractivity contribution in [2.75, 3.05) is 0 Å². The summed E-state index contributed by atoms with van der Waals surface area (Å²) in [4.78, 5) is 24.0. The van der Waals surface area contributed by atoms with Gasteiger partial charge in [0.25, 0.3) is 5.69 Å². The Morgan fingerprint density at radius 2 is 2.25 bits per heavy atom. The normalized spacial score (nSPS) is 9.42. The molecule has 0 fully saturated rings. The van der Waals surface area contributed by atoms with E-state index < -0.39 is 4.92 Å². The van der Waals surface area contributed by atoms with Gasteiger partial charge in [0.1, 0.15) is 6.20 Å². The molecule has 1 rings (SSSR count). The highest BCUT2D eigenvalue weighted by atomic mass is 16.6. The van der Waals surface area contributed by atoms with Crippen LogP contribution in [0, 0.1) is 10.1 Å². The Labute approximate surface area is 68.2 Å². The molecule has 0 unspecified atom stereocenters. The van der Waals surface area contributed by atoms with Crippen molar-refractivity contribution in [2.45, 2.75) is 6.92 Å². The second-order valence-corrected chi connectivity index (χ2v) is 2.25. The number of hydrogen-bond donors (Lipinski definition) is 0. The molecule has 12 heavy (non-hydrogen) atoms. The third-order valence-electron chi connectivity index (χ3n) is 1.34. The molecule has 5 heteroatoms. The van der Waals surface area contributed by atoms with Crippen molar-refractivity contribution in [1.82, 2.24) is 4.98 Å². The van der Waals surface area contributed by atoms with Crippen LogP contribution >= 0.6 is 0 Å². The zero-order valence-corrected chi connectivity index (χ0v) is 6.35. The zero-order valence-electron chi connectivity index (χ0n) is 6.35. The van der Waals surface area contributed by atoms with Crippen LogP contribution in [-0.2, 0) is 0 Å². The highest BCUT2D eigenvalue weighted by Crippen LogP contribution is 2.10. The van der Waals surface area contributed by atoms with Gasteiger partial charge in [-0.25, -0.2) is 0 Å². The van der Waals surface area contributed by atoms with Gasteiger partial charge in [-0.3, -0.25) is 19.9 Å². The largest absolute Gasteiger partial charge is 0.294 e. The van der Waals surface area contributed by atoms with Crippen LogP contribution in [0.3, 0.4) is 0 Å². The Balaban J connectivity index is 3.12. The molecule has 0 aliphatic rings. The molecule has 1 aromatic heterocycles. The lowest BCUT2D eigenvalue weighted by atomic mass is 10.2. The number of carbonyl (C=O) groups excluding carboxylic acids is 1. The molecule has 62 valence electrons. The van der Waals surface area contributed by atoms with Crippen LogP contribution in [0.1, 0.15) is 17.3 Å². The average molecular weight is 166 g/mol. The van der Waals surface area contributed by atoms with E-state index in [1.807, 2.05) is 0 Å². The van der Waals surface area contributed by atoms with Crippen molar-refractivity contribution < 1.29 is 9.72 Å². The molecule has 0 saturated carbocycles. The van der Waals surface area contributed by atoms with Crippen molar-refractivity contribution >= 4 is 11.5 Å². The lowest BCUT2D eigenvalue weighted by Crippen LogP contribution is -1.96. The van der Waals surface area contributed by atoms with Gasteiger partial charge in [0.2, 0.25) is 0 Å². The first kappa shape index (κ1) is 8.32. The van der Waals surface area contributed by atoms with E-state index in [2.05, 4.69) is 4.98 Å². The molecular formula is C7H6N2O3. The van der Waals surface area contributed by atoms with E-state index in [9.17, 15) is 14.9 Å². The fraction of sp³-hybridized carbons (Fsp3) is 0.143. The van der Waals surface area contributed by atoms with Gasteiger partial charge in [0.15, 0.2) is 5.78 Å². The van der Waals surface area contributed by atoms with Gasteiger partial charge >= 0.3 is 0 Å². The predicted molar refractivity (Wildman–Crippen MR) is 40.9 cm³/mol. The predicted octanol–water partition coefficient (Wildman–Crippen LogP) is 1.19. The van der Waals surface area contributed by atoms with E-state index in [4.69, 9.17) is 0 Å². The SMILES string of the molecule is CC(=O)c1cncc([N+](=O)[O-])c1. The molecule has 0 bridgehead atoms. The van der Waals surface area contributed by atoms with Crippen LogP contribution in [0.4, 0.5) is 5.69 Å². The lowest BCUT2D eigenvalue weighted by molar-refractivity contribution is -0.385. The highest BCUT2D eigenvalue weighted by Gasteiger charge is 2.08. The first-order chi connectivity index (χ1) is 5.61. The van der Waals surface area contributed by atoms with Crippen molar-refractivity contribution in [3.8, 4) is 0 Å². The summed E-state index contributed by atoms with van der Waals surface area (Å²) in [5.74, 6) is -0.230. The summed E-state index contributed by atoms with van der Waals surface area (Å²) in [6, 6.07) is 1.20. The average Bonchev–Trinajstić information content (AvgIpc) is 2.04. The van der Waals surface area contributed by atoms with Gasteiger partial charge in [0, 0.05) is 17.8 Å². The molecule has 0 atom stereocenters. The van der Waals surface area contributed by atoms with Crippen LogP contribution in [0.15, 0.2) is 18.5 Å². The zero-order chi connectivity index (χ0) is 9.14. The maximum atomic E-state index is 10.8. The van der Waals surface area contributed by atoms with Gasteiger partial charge in [-0.05, 0) is 6.92 Å². The third-order valence-corrected chi connectivity index (χ3v) is 1.34. The first-order valence-electron chi connectivity index (χ1n) is 3.21. The lowest BCUT2D eigenvalue weighted by Gasteiger charge is -1.93. The minimum absolute atomic E-state index is 0.164. The number of rotatable bonds is 2. The van der Waals surface area contributed by atoms with Crippen molar-refractivity contribution in [2.24, 2.45) is 0 Å². The minimum Gasteiger partial charge on any atom is -0.294 e. The summed E-state index contributed by atoms with van der Waals surface area (Å²) >= 11 is 0. The van der Waals surface area contributed by atoms with E-state index in [0.29, 0.717) is 0 Å². The number of pyridine rings is 1. The summed E-state index contributed by atoms with van der Waals surface area (Å²) in [5.41, 5.74) is 0.0897. The Hall–Kier alpha value is -1.78. The van der Waals surface area contributed by atoms with E-state index in [1.54, 1.807) is 0 Å². The number of ketones is 1. The molecule has 1 heterocycles. The second kappa shape index (κ2) is 3.08. The number of carbonyl (C=O) groups is 1. The van der Waals surface area contributed by atoms with E-state index in [1.165, 1.54) is 19.2 Å². The number of hydrogen-bond acceptors (Lipinski definition) is 4. The van der Waals surface area contributed by atoms with Gasteiger partial charge in [0.05, 0.1) is 4.92 Å². The van der Waals surface area contributed by atoms with Crippen LogP contribution in [-0.4, -0.2) is 15.7 Å². The molecule has 1 aromatic rings. The minimum atomic E-state index is -0.584. The molecular weight excluding hydrogens is 160 g/mol. The Morgan fingerprint density at radius 1 is 1.58 bits per heavy atom. The maximum absolute atomic E-state index is 10.8. The maximum Gasteiger partial charge on any atom is 0.288 e. The molecule has 0 aliphatic heterocycles. The van der Waals surface area contributed by atoms with E-state index in [-0.39, 0.29) is 17.0 Å². The van der Waals surface area contributed by atoms with E-state index >= 15 is 0 Å². The molecule has 0 aromatic carbocycles. The molecule has 0 spiro atoms. The van der Waals surface area contributed by atoms with Gasteiger partial charge in [-0.1, -0.05) is 0 Å². The summed E-state index contributed by atoms with van der Waals surface area (Å²) in [5, 5.41) is 10.2. The third kappa shape index (κ3) is 1.63. The number of nitro groups is 1. The van der Waals surface area contributed by atoms with Gasteiger partial charge in [-0.15, -0.1) is 0 Å². The standard InChI is InChI=1S/C7H6N2O3/c1-5(10)6-2-7(9(11)12)4-8-3-6/h2-4H,1H3. The van der Waals surface area contributed by atoms with Crippen LogP contribution < -0.4 is 0 Å². The summed E-state index contributed by atoms with van der Waals surface area (Å²) in [7, 11) is 0. The second-order valence-electron chi connectivity index (χ2n) is 2.25. The van der Waals surface area contributed by atoms with Crippen molar-refractivity contribution in [3.05, 3.63) is 34.1 Å². The molecule has 0 aliphatic carbocycles. The molecule has 0 N–H and O–H groups in total. The van der Waals surface area contributed by atoms with Crippen LogP contribution in [0.5, 0.6) is 0 Å². The fourth-order valence-corrected chi connectivity index (χ4v) is 0.720.